The van der Waals surface area contributed by atoms with Crippen LogP contribution in [0.3, 0.4) is 0 Å². The molecule has 0 aliphatic rings. The topological polar surface area (TPSA) is 59.7 Å². The zero-order chi connectivity index (χ0) is 11.5. The lowest BCUT2D eigenvalue weighted by atomic mass is 10.2. The Labute approximate surface area is 92.4 Å². The third-order valence-corrected chi connectivity index (χ3v) is 2.25. The van der Waals surface area contributed by atoms with Crippen LogP contribution in [0.2, 0.25) is 0 Å². The first-order chi connectivity index (χ1) is 7.72. The molecule has 0 saturated heterocycles. The molecule has 0 radical (unpaired) electrons. The van der Waals surface area contributed by atoms with Gasteiger partial charge in [-0.1, -0.05) is 6.92 Å². The zero-order valence-electron chi connectivity index (χ0n) is 8.90. The molecule has 2 aromatic rings. The van der Waals surface area contributed by atoms with E-state index in [-0.39, 0.29) is 5.56 Å². The predicted molar refractivity (Wildman–Crippen MR) is 59.0 cm³/mol. The second-order valence-corrected chi connectivity index (χ2v) is 3.46. The largest absolute Gasteiger partial charge is 0.493 e. The van der Waals surface area contributed by atoms with Crippen molar-refractivity contribution in [3.8, 4) is 5.75 Å². The Morgan fingerprint density at radius 1 is 1.50 bits per heavy atom. The van der Waals surface area contributed by atoms with E-state index in [0.29, 0.717) is 23.3 Å². The van der Waals surface area contributed by atoms with Gasteiger partial charge in [0.05, 0.1) is 6.61 Å². The summed E-state index contributed by atoms with van der Waals surface area (Å²) in [6.45, 7) is 2.66. The number of hydrogen-bond acceptors (Lipinski definition) is 3. The number of hydrogen-bond donors (Lipinski definition) is 1. The van der Waals surface area contributed by atoms with Gasteiger partial charge in [-0.2, -0.15) is 0 Å². The van der Waals surface area contributed by atoms with Gasteiger partial charge in [-0.05, 0) is 18.6 Å². The molecule has 1 aromatic heterocycles. The zero-order valence-corrected chi connectivity index (χ0v) is 8.90. The van der Waals surface area contributed by atoms with Crippen LogP contribution >= 0.6 is 0 Å². The smallest absolute Gasteiger partial charge is 0.339 e. The van der Waals surface area contributed by atoms with Gasteiger partial charge in [0.2, 0.25) is 0 Å². The molecule has 1 heterocycles. The van der Waals surface area contributed by atoms with Crippen molar-refractivity contribution in [3.63, 3.8) is 0 Å². The summed E-state index contributed by atoms with van der Waals surface area (Å²) in [6, 6.07) is 5.16. The Hall–Kier alpha value is -1.97. The van der Waals surface area contributed by atoms with E-state index in [4.69, 9.17) is 14.3 Å². The maximum Gasteiger partial charge on any atom is 0.339 e. The van der Waals surface area contributed by atoms with Gasteiger partial charge in [0.15, 0.2) is 0 Å². The van der Waals surface area contributed by atoms with E-state index in [1.54, 1.807) is 18.2 Å². The minimum Gasteiger partial charge on any atom is -0.493 e. The first-order valence-corrected chi connectivity index (χ1v) is 5.09. The molecule has 2 rings (SSSR count). The third-order valence-electron chi connectivity index (χ3n) is 2.25. The highest BCUT2D eigenvalue weighted by Crippen LogP contribution is 2.25. The molecule has 1 aromatic carbocycles. The van der Waals surface area contributed by atoms with Crippen LogP contribution in [0.1, 0.15) is 23.7 Å². The molecule has 0 aliphatic heterocycles. The van der Waals surface area contributed by atoms with E-state index in [1.807, 2.05) is 6.92 Å². The van der Waals surface area contributed by atoms with Crippen LogP contribution in [0.25, 0.3) is 11.0 Å². The van der Waals surface area contributed by atoms with E-state index in [2.05, 4.69) is 0 Å². The summed E-state index contributed by atoms with van der Waals surface area (Å²) in [5.41, 5.74) is 0.711. The fraction of sp³-hybridized carbons (Fsp3) is 0.250. The number of rotatable bonds is 4. The van der Waals surface area contributed by atoms with Crippen LogP contribution in [-0.4, -0.2) is 17.7 Å². The molecule has 0 spiro atoms. The van der Waals surface area contributed by atoms with Crippen molar-refractivity contribution in [2.75, 3.05) is 6.61 Å². The van der Waals surface area contributed by atoms with Crippen molar-refractivity contribution < 1.29 is 19.1 Å². The SMILES string of the molecule is CCCOc1ccc2c(C(=O)O)coc2c1. The number of carbonyl (C=O) groups is 1. The van der Waals surface area contributed by atoms with E-state index >= 15 is 0 Å². The average Bonchev–Trinajstić information content (AvgIpc) is 2.69. The molecular weight excluding hydrogens is 208 g/mol. The van der Waals surface area contributed by atoms with Gasteiger partial charge in [0.1, 0.15) is 23.2 Å². The quantitative estimate of drug-likeness (QED) is 0.860. The van der Waals surface area contributed by atoms with Gasteiger partial charge in [0.25, 0.3) is 0 Å². The Morgan fingerprint density at radius 2 is 2.31 bits per heavy atom. The second kappa shape index (κ2) is 4.26. The van der Waals surface area contributed by atoms with E-state index in [9.17, 15) is 4.79 Å². The summed E-state index contributed by atoms with van der Waals surface area (Å²) in [5, 5.41) is 9.49. The van der Waals surface area contributed by atoms with Crippen LogP contribution in [0, 0.1) is 0 Å². The second-order valence-electron chi connectivity index (χ2n) is 3.46. The maximum absolute atomic E-state index is 10.8. The van der Waals surface area contributed by atoms with Crippen LogP contribution in [0.15, 0.2) is 28.9 Å². The van der Waals surface area contributed by atoms with Crippen molar-refractivity contribution >= 4 is 16.9 Å². The van der Waals surface area contributed by atoms with Crippen LogP contribution in [0.5, 0.6) is 5.75 Å². The number of benzene rings is 1. The van der Waals surface area contributed by atoms with E-state index in [0.717, 1.165) is 6.42 Å². The minimum absolute atomic E-state index is 0.178. The highest BCUT2D eigenvalue weighted by atomic mass is 16.5. The van der Waals surface area contributed by atoms with Crippen LogP contribution in [0.4, 0.5) is 0 Å². The van der Waals surface area contributed by atoms with Crippen molar-refractivity contribution in [1.29, 1.82) is 0 Å². The molecule has 4 nitrogen and oxygen atoms in total. The van der Waals surface area contributed by atoms with E-state index in [1.165, 1.54) is 6.26 Å². The number of carboxylic acid groups (broad SMARTS) is 1. The van der Waals surface area contributed by atoms with Gasteiger partial charge in [0, 0.05) is 11.5 Å². The summed E-state index contributed by atoms with van der Waals surface area (Å²) in [4.78, 5) is 10.8. The highest BCUT2D eigenvalue weighted by molar-refractivity contribution is 6.02. The number of aromatic carboxylic acids is 1. The molecule has 1 N–H and O–H groups in total. The van der Waals surface area contributed by atoms with Gasteiger partial charge >= 0.3 is 5.97 Å². The van der Waals surface area contributed by atoms with Gasteiger partial charge in [-0.15, -0.1) is 0 Å². The lowest BCUT2D eigenvalue weighted by Crippen LogP contribution is -1.95. The van der Waals surface area contributed by atoms with Crippen molar-refractivity contribution in [3.05, 3.63) is 30.0 Å². The Kier molecular flexibility index (Phi) is 2.81. The standard InChI is InChI=1S/C12H12O4/c1-2-5-15-8-3-4-9-10(12(13)14)7-16-11(9)6-8/h3-4,6-7H,2,5H2,1H3,(H,13,14). The monoisotopic (exact) mass is 220 g/mol. The molecule has 0 saturated carbocycles. The van der Waals surface area contributed by atoms with Crippen molar-refractivity contribution in [2.24, 2.45) is 0 Å². The van der Waals surface area contributed by atoms with Crippen LogP contribution < -0.4 is 4.74 Å². The average molecular weight is 220 g/mol. The normalized spacial score (nSPS) is 10.6. The van der Waals surface area contributed by atoms with E-state index < -0.39 is 5.97 Å². The van der Waals surface area contributed by atoms with Gasteiger partial charge in [-0.25, -0.2) is 4.79 Å². The van der Waals surface area contributed by atoms with Crippen molar-refractivity contribution in [1.82, 2.24) is 0 Å². The summed E-state index contributed by atoms with van der Waals surface area (Å²) in [5.74, 6) is -0.290. The minimum atomic E-state index is -0.985. The number of ether oxygens (including phenoxy) is 1. The molecule has 0 bridgehead atoms. The summed E-state index contributed by atoms with van der Waals surface area (Å²) in [7, 11) is 0. The number of furan rings is 1. The van der Waals surface area contributed by atoms with Crippen LogP contribution in [-0.2, 0) is 0 Å². The molecule has 0 fully saturated rings. The first-order valence-electron chi connectivity index (χ1n) is 5.09. The Morgan fingerprint density at radius 3 is 3.00 bits per heavy atom. The lowest BCUT2D eigenvalue weighted by molar-refractivity contribution is 0.0698. The molecule has 0 atom stereocenters. The number of fused-ring (bicyclic) bond motifs is 1. The highest BCUT2D eigenvalue weighted by Gasteiger charge is 2.12. The maximum atomic E-state index is 10.8. The Balaban J connectivity index is 2.37. The van der Waals surface area contributed by atoms with Crippen molar-refractivity contribution in [2.45, 2.75) is 13.3 Å². The predicted octanol–water partition coefficient (Wildman–Crippen LogP) is 2.92. The van der Waals surface area contributed by atoms with Gasteiger partial charge in [-0.3, -0.25) is 0 Å². The first kappa shape index (κ1) is 10.5. The van der Waals surface area contributed by atoms with Gasteiger partial charge < -0.3 is 14.3 Å². The molecule has 0 aliphatic carbocycles. The molecular formula is C12H12O4. The summed E-state index contributed by atoms with van der Waals surface area (Å²) in [6.07, 6.45) is 2.17. The molecule has 0 unspecified atom stereocenters. The third kappa shape index (κ3) is 1.86. The molecule has 0 amide bonds. The fourth-order valence-electron chi connectivity index (χ4n) is 1.48. The summed E-state index contributed by atoms with van der Waals surface area (Å²) >= 11 is 0. The number of carboxylic acids is 1. The molecule has 84 valence electrons. The lowest BCUT2D eigenvalue weighted by Gasteiger charge is -2.03. The molecule has 4 heteroatoms. The summed E-state index contributed by atoms with van der Waals surface area (Å²) < 4.78 is 10.6. The fourth-order valence-corrected chi connectivity index (χ4v) is 1.48. The molecule has 16 heavy (non-hydrogen) atoms. The Bertz CT molecular complexity index is 513.